The van der Waals surface area contributed by atoms with Gasteiger partial charge in [-0.25, -0.2) is 0 Å². The zero-order valence-corrected chi connectivity index (χ0v) is 7.42. The third-order valence-corrected chi connectivity index (χ3v) is 2.11. The lowest BCUT2D eigenvalue weighted by Gasteiger charge is -2.16. The number of hydrogen-bond donors (Lipinski definition) is 3. The van der Waals surface area contributed by atoms with Crippen LogP contribution in [0, 0.1) is 5.92 Å². The molecule has 1 aliphatic heterocycles. The molecule has 1 saturated heterocycles. The fourth-order valence-corrected chi connectivity index (χ4v) is 1.22. The highest BCUT2D eigenvalue weighted by atomic mass is 16.5. The van der Waals surface area contributed by atoms with E-state index in [0.717, 1.165) is 0 Å². The topological polar surface area (TPSA) is 104 Å². The molecule has 1 fully saturated rings. The van der Waals surface area contributed by atoms with E-state index in [9.17, 15) is 14.7 Å². The SMILES string of the molecule is O=C1C(=O)C(C(O)CO)COCC1O. The summed E-state index contributed by atoms with van der Waals surface area (Å²) < 4.78 is 4.82. The summed E-state index contributed by atoms with van der Waals surface area (Å²) in [5.41, 5.74) is 0. The van der Waals surface area contributed by atoms with Crippen molar-refractivity contribution in [3.05, 3.63) is 0 Å². The Hall–Kier alpha value is -0.820. The first-order valence-corrected chi connectivity index (χ1v) is 4.20. The van der Waals surface area contributed by atoms with Gasteiger partial charge in [-0.3, -0.25) is 9.59 Å². The Morgan fingerprint density at radius 3 is 2.57 bits per heavy atom. The molecule has 0 radical (unpaired) electrons. The first-order valence-electron chi connectivity index (χ1n) is 4.20. The van der Waals surface area contributed by atoms with E-state index < -0.39 is 36.3 Å². The molecule has 0 aliphatic carbocycles. The second-order valence-electron chi connectivity index (χ2n) is 3.14. The van der Waals surface area contributed by atoms with E-state index in [1.807, 2.05) is 0 Å². The Kier molecular flexibility index (Phi) is 3.70. The van der Waals surface area contributed by atoms with Gasteiger partial charge in [-0.2, -0.15) is 0 Å². The van der Waals surface area contributed by atoms with Crippen molar-refractivity contribution in [1.29, 1.82) is 0 Å². The Morgan fingerprint density at radius 2 is 2.00 bits per heavy atom. The van der Waals surface area contributed by atoms with E-state index in [4.69, 9.17) is 14.9 Å². The van der Waals surface area contributed by atoms with Crippen molar-refractivity contribution < 1.29 is 29.6 Å². The van der Waals surface area contributed by atoms with Gasteiger partial charge in [-0.15, -0.1) is 0 Å². The first-order chi connectivity index (χ1) is 6.57. The quantitative estimate of drug-likeness (QED) is 0.429. The minimum Gasteiger partial charge on any atom is -0.394 e. The average molecular weight is 204 g/mol. The van der Waals surface area contributed by atoms with Crippen molar-refractivity contribution in [3.63, 3.8) is 0 Å². The van der Waals surface area contributed by atoms with Gasteiger partial charge < -0.3 is 20.1 Å². The largest absolute Gasteiger partial charge is 0.394 e. The molecule has 0 amide bonds. The van der Waals surface area contributed by atoms with Crippen LogP contribution in [0.4, 0.5) is 0 Å². The first kappa shape index (κ1) is 11.3. The van der Waals surface area contributed by atoms with E-state index in [2.05, 4.69) is 0 Å². The average Bonchev–Trinajstić information content (AvgIpc) is 2.31. The van der Waals surface area contributed by atoms with Crippen molar-refractivity contribution in [1.82, 2.24) is 0 Å². The number of aliphatic hydroxyl groups is 3. The van der Waals surface area contributed by atoms with Crippen molar-refractivity contribution in [2.45, 2.75) is 12.2 Å². The highest BCUT2D eigenvalue weighted by Gasteiger charge is 2.37. The maximum absolute atomic E-state index is 11.3. The molecule has 6 heteroatoms. The van der Waals surface area contributed by atoms with E-state index in [0.29, 0.717) is 0 Å². The standard InChI is InChI=1S/C8H12O6/c9-1-5(10)4-2-14-3-6(11)8(13)7(4)12/h4-6,9-11H,1-3H2. The third kappa shape index (κ3) is 2.16. The highest BCUT2D eigenvalue weighted by molar-refractivity contribution is 6.39. The minimum absolute atomic E-state index is 0.163. The predicted octanol–water partition coefficient (Wildman–Crippen LogP) is -2.51. The lowest BCUT2D eigenvalue weighted by Crippen LogP contribution is -2.39. The van der Waals surface area contributed by atoms with Crippen molar-refractivity contribution in [2.75, 3.05) is 19.8 Å². The summed E-state index contributed by atoms with van der Waals surface area (Å²) in [5, 5.41) is 26.9. The van der Waals surface area contributed by atoms with E-state index in [-0.39, 0.29) is 13.2 Å². The summed E-state index contributed by atoms with van der Waals surface area (Å²) in [6, 6.07) is 0. The summed E-state index contributed by atoms with van der Waals surface area (Å²) in [7, 11) is 0. The maximum atomic E-state index is 11.3. The van der Waals surface area contributed by atoms with Gasteiger partial charge in [0.25, 0.3) is 0 Å². The number of rotatable bonds is 2. The number of carbonyl (C=O) groups is 2. The molecule has 3 N–H and O–H groups in total. The Bertz CT molecular complexity index is 238. The monoisotopic (exact) mass is 204 g/mol. The van der Waals surface area contributed by atoms with Crippen LogP contribution in [0.1, 0.15) is 0 Å². The summed E-state index contributed by atoms with van der Waals surface area (Å²) in [4.78, 5) is 22.4. The van der Waals surface area contributed by atoms with Gasteiger partial charge >= 0.3 is 0 Å². The zero-order chi connectivity index (χ0) is 10.7. The molecule has 3 unspecified atom stereocenters. The molecule has 0 aromatic rings. The van der Waals surface area contributed by atoms with Crippen LogP contribution in [0.15, 0.2) is 0 Å². The van der Waals surface area contributed by atoms with Crippen LogP contribution >= 0.6 is 0 Å². The van der Waals surface area contributed by atoms with Gasteiger partial charge in [0.1, 0.15) is 6.10 Å². The van der Waals surface area contributed by atoms with Gasteiger partial charge in [0.15, 0.2) is 0 Å². The highest BCUT2D eigenvalue weighted by Crippen LogP contribution is 2.12. The number of carbonyl (C=O) groups excluding carboxylic acids is 2. The Balaban J connectivity index is 2.77. The molecule has 0 aromatic carbocycles. The Labute approximate surface area is 80.1 Å². The minimum atomic E-state index is -1.46. The van der Waals surface area contributed by atoms with Crippen LogP contribution in [-0.4, -0.2) is 58.9 Å². The Morgan fingerprint density at radius 1 is 1.36 bits per heavy atom. The van der Waals surface area contributed by atoms with Crippen molar-refractivity contribution >= 4 is 11.6 Å². The van der Waals surface area contributed by atoms with Gasteiger partial charge in [0.2, 0.25) is 11.6 Å². The number of Topliss-reactive ketones (excluding diaryl/α,β-unsaturated/α-hetero) is 2. The maximum Gasteiger partial charge on any atom is 0.229 e. The van der Waals surface area contributed by atoms with Crippen LogP contribution in [-0.2, 0) is 14.3 Å². The smallest absolute Gasteiger partial charge is 0.229 e. The lowest BCUT2D eigenvalue weighted by atomic mass is 9.95. The molecule has 1 aliphatic rings. The van der Waals surface area contributed by atoms with Crippen molar-refractivity contribution in [3.8, 4) is 0 Å². The molecular weight excluding hydrogens is 192 g/mol. The normalized spacial score (nSPS) is 31.4. The number of hydrogen-bond acceptors (Lipinski definition) is 6. The van der Waals surface area contributed by atoms with E-state index >= 15 is 0 Å². The third-order valence-electron chi connectivity index (χ3n) is 2.11. The number of ketones is 2. The molecule has 0 spiro atoms. The molecule has 0 bridgehead atoms. The van der Waals surface area contributed by atoms with Crippen LogP contribution < -0.4 is 0 Å². The molecule has 0 saturated carbocycles. The number of ether oxygens (including phenoxy) is 1. The molecule has 0 aromatic heterocycles. The molecule has 3 atom stereocenters. The lowest BCUT2D eigenvalue weighted by molar-refractivity contribution is -0.144. The zero-order valence-electron chi connectivity index (χ0n) is 7.42. The van der Waals surface area contributed by atoms with Gasteiger partial charge in [0, 0.05) is 0 Å². The van der Waals surface area contributed by atoms with E-state index in [1.54, 1.807) is 0 Å². The molecule has 80 valence electrons. The molecule has 14 heavy (non-hydrogen) atoms. The molecule has 1 heterocycles. The second kappa shape index (κ2) is 4.61. The van der Waals surface area contributed by atoms with Crippen LogP contribution in [0.3, 0.4) is 0 Å². The number of aliphatic hydroxyl groups excluding tert-OH is 3. The summed E-state index contributed by atoms with van der Waals surface area (Å²) in [6.07, 6.45) is -2.78. The van der Waals surface area contributed by atoms with Gasteiger partial charge in [-0.05, 0) is 0 Å². The summed E-state index contributed by atoms with van der Waals surface area (Å²) in [5.74, 6) is -2.94. The molecule has 6 nitrogen and oxygen atoms in total. The van der Waals surface area contributed by atoms with E-state index in [1.165, 1.54) is 0 Å². The molecule has 1 rings (SSSR count). The second-order valence-corrected chi connectivity index (χ2v) is 3.14. The summed E-state index contributed by atoms with van der Waals surface area (Å²) >= 11 is 0. The van der Waals surface area contributed by atoms with Gasteiger partial charge in [0.05, 0.1) is 31.8 Å². The summed E-state index contributed by atoms with van der Waals surface area (Å²) in [6.45, 7) is -1.04. The van der Waals surface area contributed by atoms with Crippen LogP contribution in [0.25, 0.3) is 0 Å². The fourth-order valence-electron chi connectivity index (χ4n) is 1.22. The fraction of sp³-hybridized carbons (Fsp3) is 0.750. The molecular formula is C8H12O6. The van der Waals surface area contributed by atoms with Gasteiger partial charge in [-0.1, -0.05) is 0 Å². The van der Waals surface area contributed by atoms with Crippen LogP contribution in [0.5, 0.6) is 0 Å². The van der Waals surface area contributed by atoms with Crippen LogP contribution in [0.2, 0.25) is 0 Å². The predicted molar refractivity (Wildman–Crippen MR) is 43.4 cm³/mol. The van der Waals surface area contributed by atoms with Crippen molar-refractivity contribution in [2.24, 2.45) is 5.92 Å².